The molecule has 6 N–H and O–H groups in total. The van der Waals surface area contributed by atoms with Crippen molar-refractivity contribution < 1.29 is 38.2 Å². The van der Waals surface area contributed by atoms with Gasteiger partial charge in [-0.05, 0) is 109 Å². The van der Waals surface area contributed by atoms with Crippen molar-refractivity contribution in [2.24, 2.45) is 10.8 Å². The number of thioether (sulfide) groups is 2. The zero-order valence-corrected chi connectivity index (χ0v) is 48.1. The van der Waals surface area contributed by atoms with Crippen LogP contribution < -0.4 is 31.9 Å². The number of benzene rings is 2. The largest absolute Gasteiger partial charge is 0.363 e. The summed E-state index contributed by atoms with van der Waals surface area (Å²) in [4.78, 5) is 87.4. The highest BCUT2D eigenvalue weighted by atomic mass is 35.5. The summed E-state index contributed by atoms with van der Waals surface area (Å²) in [5, 5.41) is 18.2. The quantitative estimate of drug-likeness (QED) is 0.128. The van der Waals surface area contributed by atoms with E-state index in [4.69, 9.17) is 9.47 Å². The molecule has 76 heavy (non-hydrogen) atoms. The summed E-state index contributed by atoms with van der Waals surface area (Å²) >= 11 is 3.33. The Balaban J connectivity index is 0.00000469. The lowest BCUT2D eigenvalue weighted by Gasteiger charge is -2.35. The van der Waals surface area contributed by atoms with Gasteiger partial charge in [0.2, 0.25) is 35.4 Å². The van der Waals surface area contributed by atoms with Crippen LogP contribution in [0.15, 0.2) is 48.5 Å². The van der Waals surface area contributed by atoms with E-state index >= 15 is 0 Å². The number of halogens is 2. The standard InChI is InChI=1S/C56H74N8O8S2.2ClH/c1-9-37(57-7)49(65)59-39-23-27-73-43-31-55(3,4)47(63(43)53(39)69)51(67)61-45-35-21-15-13-19-33(35)29-41(45)71-25-17-11-12-18-26-72-42-30-34-20-14-16-22-36(34)46(42)62-52(68)48-56(5,6)32-44-64(48)54(70)40(24-28-74-44)60-50(66)38(10-2)58-8;;/h13-16,19-22,37-48,57-58H,9-10,23-32H2,1-8H3,(H,59,65)(H,60,66)(H,61,67)(H,62,68);2*1H/t37-,38-,39-,40-,41+,42+,43-,44-,45-,46-,47+,48+;;/m0../s1. The van der Waals surface area contributed by atoms with Crippen LogP contribution in [0, 0.1) is 34.5 Å². The first-order valence-corrected chi connectivity index (χ1v) is 28.4. The fraction of sp³-hybridized carbons (Fsp3) is 0.607. The maximum Gasteiger partial charge on any atom is 0.246 e. The maximum atomic E-state index is 14.6. The highest BCUT2D eigenvalue weighted by Gasteiger charge is 2.57. The highest BCUT2D eigenvalue weighted by Crippen LogP contribution is 2.48. The maximum absolute atomic E-state index is 14.6. The molecule has 6 aliphatic rings. The van der Waals surface area contributed by atoms with Gasteiger partial charge in [-0.1, -0.05) is 102 Å². The van der Waals surface area contributed by atoms with Crippen LogP contribution in [-0.2, 0) is 51.1 Å². The summed E-state index contributed by atoms with van der Waals surface area (Å²) in [7, 11) is 3.46. The molecule has 2 aromatic rings. The van der Waals surface area contributed by atoms with Gasteiger partial charge in [0.15, 0.2) is 0 Å². The van der Waals surface area contributed by atoms with Crippen LogP contribution in [0.25, 0.3) is 0 Å². The Morgan fingerprint density at radius 1 is 0.632 bits per heavy atom. The van der Waals surface area contributed by atoms with Gasteiger partial charge in [-0.15, -0.1) is 48.3 Å². The molecule has 0 spiro atoms. The molecule has 6 amide bonds. The molecule has 2 aliphatic carbocycles. The highest BCUT2D eigenvalue weighted by molar-refractivity contribution is 8.00. The molecule has 2 aromatic carbocycles. The predicted molar refractivity (Wildman–Crippen MR) is 302 cm³/mol. The number of carbonyl (C=O) groups is 6. The van der Waals surface area contributed by atoms with Crippen molar-refractivity contribution in [3.8, 4) is 23.7 Å². The Morgan fingerprint density at radius 3 is 1.38 bits per heavy atom. The van der Waals surface area contributed by atoms with E-state index < -0.39 is 71.4 Å². The summed E-state index contributed by atoms with van der Waals surface area (Å²) in [6.07, 6.45) is 3.74. The van der Waals surface area contributed by atoms with E-state index in [2.05, 4.69) is 55.6 Å². The lowest BCUT2D eigenvalue weighted by Crippen LogP contribution is -2.58. The molecule has 4 heterocycles. The van der Waals surface area contributed by atoms with E-state index in [1.54, 1.807) is 47.4 Å². The van der Waals surface area contributed by atoms with Crippen molar-refractivity contribution in [3.05, 3.63) is 70.8 Å². The molecular formula is C56H76Cl2N8O8S2. The first-order chi connectivity index (χ1) is 35.5. The van der Waals surface area contributed by atoms with Gasteiger partial charge in [-0.25, -0.2) is 0 Å². The van der Waals surface area contributed by atoms with Gasteiger partial charge in [0.05, 0.1) is 47.1 Å². The fourth-order valence-corrected chi connectivity index (χ4v) is 15.1. The molecule has 0 bridgehead atoms. The first kappa shape index (κ1) is 60.7. The van der Waals surface area contributed by atoms with Gasteiger partial charge in [0.25, 0.3) is 0 Å². The van der Waals surface area contributed by atoms with Crippen LogP contribution in [0.5, 0.6) is 0 Å². The number of fused-ring (bicyclic) bond motifs is 4. The molecule has 414 valence electrons. The van der Waals surface area contributed by atoms with E-state index in [1.165, 1.54) is 0 Å². The number of likely N-dealkylation sites (N-methyl/N-ethyl adjacent to an activating group) is 2. The minimum Gasteiger partial charge on any atom is -0.363 e. The Labute approximate surface area is 469 Å². The summed E-state index contributed by atoms with van der Waals surface area (Å²) in [5.74, 6) is 11.8. The monoisotopic (exact) mass is 1120 g/mol. The molecule has 4 fully saturated rings. The Hall–Kier alpha value is -4.50. The van der Waals surface area contributed by atoms with Crippen molar-refractivity contribution in [1.29, 1.82) is 0 Å². The molecule has 12 atom stereocenters. The number of hydrogen-bond acceptors (Lipinski definition) is 12. The zero-order chi connectivity index (χ0) is 52.9. The minimum absolute atomic E-state index is 0. The van der Waals surface area contributed by atoms with E-state index in [-0.39, 0.29) is 84.2 Å². The smallest absolute Gasteiger partial charge is 0.246 e. The zero-order valence-electron chi connectivity index (χ0n) is 44.8. The number of amides is 6. The number of ether oxygens (including phenoxy) is 2. The normalized spacial score (nSPS) is 28.3. The van der Waals surface area contributed by atoms with Crippen LogP contribution in [0.3, 0.4) is 0 Å². The van der Waals surface area contributed by atoms with Crippen LogP contribution in [0.1, 0.15) is 114 Å². The van der Waals surface area contributed by atoms with Gasteiger partial charge >= 0.3 is 0 Å². The van der Waals surface area contributed by atoms with Crippen LogP contribution in [-0.4, -0.2) is 143 Å². The Bertz CT molecular complexity index is 2400. The van der Waals surface area contributed by atoms with Crippen LogP contribution in [0.4, 0.5) is 0 Å². The molecule has 4 saturated heterocycles. The fourth-order valence-electron chi connectivity index (χ4n) is 12.0. The van der Waals surface area contributed by atoms with E-state index in [0.29, 0.717) is 62.9 Å². The molecule has 0 saturated carbocycles. The summed E-state index contributed by atoms with van der Waals surface area (Å²) < 4.78 is 12.7. The number of carbonyl (C=O) groups excluding carboxylic acids is 6. The Morgan fingerprint density at radius 2 is 1.01 bits per heavy atom. The van der Waals surface area contributed by atoms with E-state index in [9.17, 15) is 28.8 Å². The van der Waals surface area contributed by atoms with Crippen molar-refractivity contribution in [1.82, 2.24) is 41.7 Å². The molecule has 4 aliphatic heterocycles. The number of nitrogens with one attached hydrogen (secondary N) is 6. The second-order valence-electron chi connectivity index (χ2n) is 21.6. The molecule has 16 nitrogen and oxygen atoms in total. The molecule has 0 aromatic heterocycles. The second kappa shape index (κ2) is 26.4. The number of rotatable bonds is 16. The predicted octanol–water partition coefficient (Wildman–Crippen LogP) is 4.58. The average molecular weight is 1120 g/mol. The number of hydrogen-bond donors (Lipinski definition) is 6. The van der Waals surface area contributed by atoms with Gasteiger partial charge in [-0.2, -0.15) is 0 Å². The third-order valence-corrected chi connectivity index (χ3v) is 18.3. The third-order valence-electron chi connectivity index (χ3n) is 15.8. The SMILES string of the molecule is CC[C@H](NC)C(=O)N[C@H]1CCS[C@H]2CC(C)(C)[C@@H](C(=O)N[C@H]3c4ccccc4C[C@H]3OCC#CC#CCO[C@@H]3Cc4ccccc4[C@@H]3NC(=O)[C@H]3N4C(=O)[C@@H](NC(=O)[C@H](CC)NC)CCS[C@H]4CC3(C)C)N2C1=O.Cl.Cl. The molecule has 8 rings (SSSR count). The Kier molecular flexibility index (Phi) is 21.1. The molecular weight excluding hydrogens is 1050 g/mol. The summed E-state index contributed by atoms with van der Waals surface area (Å²) in [5.41, 5.74) is 2.99. The topological polar surface area (TPSA) is 200 Å². The van der Waals surface area contributed by atoms with Crippen molar-refractivity contribution >= 4 is 83.8 Å². The molecule has 0 unspecified atom stereocenters. The third kappa shape index (κ3) is 13.0. The number of nitrogens with zero attached hydrogens (tertiary/aromatic N) is 2. The van der Waals surface area contributed by atoms with Crippen LogP contribution >= 0.6 is 48.3 Å². The van der Waals surface area contributed by atoms with E-state index in [0.717, 1.165) is 22.3 Å². The van der Waals surface area contributed by atoms with Crippen molar-refractivity contribution in [2.45, 2.75) is 164 Å². The van der Waals surface area contributed by atoms with Gasteiger partial charge in [0, 0.05) is 12.8 Å². The van der Waals surface area contributed by atoms with E-state index in [1.807, 2.05) is 90.1 Å². The van der Waals surface area contributed by atoms with Gasteiger partial charge in [0.1, 0.15) is 37.4 Å². The van der Waals surface area contributed by atoms with Crippen LogP contribution in [0.2, 0.25) is 0 Å². The molecule has 0 radical (unpaired) electrons. The summed E-state index contributed by atoms with van der Waals surface area (Å²) in [6.45, 7) is 12.1. The first-order valence-electron chi connectivity index (χ1n) is 26.3. The average Bonchev–Trinajstić information content (AvgIpc) is 4.01. The minimum atomic E-state index is -0.754. The lowest BCUT2D eigenvalue weighted by molar-refractivity contribution is -0.144. The van der Waals surface area contributed by atoms with Crippen molar-refractivity contribution in [3.63, 3.8) is 0 Å². The second-order valence-corrected chi connectivity index (χ2v) is 24.2. The molecule has 20 heteroatoms. The van der Waals surface area contributed by atoms with Crippen molar-refractivity contribution in [2.75, 3.05) is 38.8 Å². The lowest BCUT2D eigenvalue weighted by atomic mass is 9.83. The summed E-state index contributed by atoms with van der Waals surface area (Å²) in [6, 6.07) is 11.2. The van der Waals surface area contributed by atoms with Gasteiger partial charge in [-0.3, -0.25) is 28.8 Å². The van der Waals surface area contributed by atoms with Gasteiger partial charge < -0.3 is 51.2 Å².